The van der Waals surface area contributed by atoms with Crippen molar-refractivity contribution in [2.45, 2.75) is 0 Å². The Balaban J connectivity index is 2.36. The monoisotopic (exact) mass is 231 g/mol. The number of nitrogens with one attached hydrogen (secondary N) is 2. The minimum absolute atomic E-state index is 0.574. The summed E-state index contributed by atoms with van der Waals surface area (Å²) in [7, 11) is 0. The molecule has 0 aliphatic heterocycles. The molecule has 0 unspecified atom stereocenters. The maximum Gasteiger partial charge on any atom is 0.183 e. The van der Waals surface area contributed by atoms with Crippen molar-refractivity contribution < 1.29 is 0 Å². The summed E-state index contributed by atoms with van der Waals surface area (Å²) in [5, 5.41) is 19.4. The minimum atomic E-state index is 0.574. The van der Waals surface area contributed by atoms with Crippen LogP contribution in [0.4, 0.5) is 5.69 Å². The third-order valence-corrected chi connectivity index (χ3v) is 2.59. The summed E-state index contributed by atoms with van der Waals surface area (Å²) in [6.45, 7) is 0. The van der Waals surface area contributed by atoms with E-state index in [4.69, 9.17) is 5.26 Å². The molecule has 2 N–H and O–H groups in total. The molecule has 80 valence electrons. The molecule has 6 heteroatoms. The Kier molecular flexibility index (Phi) is 3.08. The molecule has 0 radical (unpaired) electrons. The number of hydrogen-bond acceptors (Lipinski definition) is 4. The number of aromatic nitrogens is 2. The fourth-order valence-corrected chi connectivity index (χ4v) is 1.63. The van der Waals surface area contributed by atoms with E-state index in [1.165, 1.54) is 11.8 Å². The molecular weight excluding hydrogens is 222 g/mol. The summed E-state index contributed by atoms with van der Waals surface area (Å²) in [6.07, 6.45) is 5.45. The first-order chi connectivity index (χ1) is 7.83. The molecule has 0 atom stereocenters. The molecule has 1 aromatic heterocycles. The first-order valence-corrected chi connectivity index (χ1v) is 5.77. The summed E-state index contributed by atoms with van der Waals surface area (Å²) >= 11 is 1.39. The van der Waals surface area contributed by atoms with Crippen LogP contribution in [0.25, 0.3) is 10.9 Å². The van der Waals surface area contributed by atoms with E-state index in [2.05, 4.69) is 20.5 Å². The minimum Gasteiger partial charge on any atom is -0.278 e. The molecule has 0 bridgehead atoms. The van der Waals surface area contributed by atoms with Gasteiger partial charge < -0.3 is 0 Å². The van der Waals surface area contributed by atoms with E-state index in [0.717, 1.165) is 16.6 Å². The lowest BCUT2D eigenvalue weighted by Gasteiger charge is -1.99. The molecule has 2 aromatic rings. The number of H-pyrrole nitrogens is 1. The highest BCUT2D eigenvalue weighted by Crippen LogP contribution is 2.20. The molecule has 0 aliphatic rings. The van der Waals surface area contributed by atoms with Gasteiger partial charge in [-0.3, -0.25) is 10.4 Å². The number of benzene rings is 1. The van der Waals surface area contributed by atoms with Crippen molar-refractivity contribution in [3.05, 3.63) is 24.4 Å². The number of fused-ring (bicyclic) bond motifs is 1. The predicted molar refractivity (Wildman–Crippen MR) is 65.5 cm³/mol. The van der Waals surface area contributed by atoms with E-state index < -0.39 is 0 Å². The SMILES string of the molecule is CSC(=Nc1ccc2[nH]ncc2c1)NC#N. The van der Waals surface area contributed by atoms with Gasteiger partial charge in [-0.05, 0) is 24.5 Å². The summed E-state index contributed by atoms with van der Waals surface area (Å²) in [4.78, 5) is 4.30. The number of aliphatic imine (C=N–C) groups is 1. The van der Waals surface area contributed by atoms with Gasteiger partial charge in [-0.25, -0.2) is 4.99 Å². The van der Waals surface area contributed by atoms with Crippen LogP contribution in [0.15, 0.2) is 29.4 Å². The van der Waals surface area contributed by atoms with Crippen LogP contribution in [0, 0.1) is 11.5 Å². The molecule has 0 aliphatic carbocycles. The van der Waals surface area contributed by atoms with Crippen LogP contribution < -0.4 is 5.32 Å². The number of nitriles is 1. The van der Waals surface area contributed by atoms with Gasteiger partial charge in [0, 0.05) is 5.39 Å². The smallest absolute Gasteiger partial charge is 0.183 e. The van der Waals surface area contributed by atoms with Gasteiger partial charge in [0.1, 0.15) is 0 Å². The molecule has 0 saturated heterocycles. The number of nitrogens with zero attached hydrogens (tertiary/aromatic N) is 3. The van der Waals surface area contributed by atoms with Crippen LogP contribution >= 0.6 is 11.8 Å². The zero-order valence-corrected chi connectivity index (χ0v) is 9.38. The van der Waals surface area contributed by atoms with Crippen LogP contribution in [0.3, 0.4) is 0 Å². The van der Waals surface area contributed by atoms with E-state index in [-0.39, 0.29) is 0 Å². The first kappa shape index (κ1) is 10.5. The van der Waals surface area contributed by atoms with E-state index in [1.54, 1.807) is 6.20 Å². The highest BCUT2D eigenvalue weighted by molar-refractivity contribution is 8.13. The van der Waals surface area contributed by atoms with Crippen molar-refractivity contribution in [1.29, 1.82) is 5.26 Å². The first-order valence-electron chi connectivity index (χ1n) is 4.54. The molecule has 1 aromatic carbocycles. The van der Waals surface area contributed by atoms with Crippen LogP contribution in [0.1, 0.15) is 0 Å². The Morgan fingerprint density at radius 1 is 1.62 bits per heavy atom. The van der Waals surface area contributed by atoms with Crippen LogP contribution in [-0.4, -0.2) is 21.6 Å². The number of rotatable bonds is 1. The number of amidine groups is 1. The lowest BCUT2D eigenvalue weighted by molar-refractivity contribution is 1.12. The topological polar surface area (TPSA) is 76.9 Å². The largest absolute Gasteiger partial charge is 0.278 e. The molecule has 1 heterocycles. The molecule has 0 spiro atoms. The maximum absolute atomic E-state index is 8.51. The van der Waals surface area contributed by atoms with E-state index in [1.807, 2.05) is 30.6 Å². The highest BCUT2D eigenvalue weighted by atomic mass is 32.2. The molecule has 5 nitrogen and oxygen atoms in total. The Labute approximate surface area is 96.6 Å². The number of aromatic amines is 1. The molecule has 2 rings (SSSR count). The predicted octanol–water partition coefficient (Wildman–Crippen LogP) is 1.98. The van der Waals surface area contributed by atoms with Gasteiger partial charge >= 0.3 is 0 Å². The van der Waals surface area contributed by atoms with Gasteiger partial charge in [0.25, 0.3) is 0 Å². The van der Waals surface area contributed by atoms with Crippen LogP contribution in [-0.2, 0) is 0 Å². The quantitative estimate of drug-likeness (QED) is 0.340. The second kappa shape index (κ2) is 4.68. The Morgan fingerprint density at radius 3 is 3.25 bits per heavy atom. The lowest BCUT2D eigenvalue weighted by atomic mass is 10.2. The van der Waals surface area contributed by atoms with E-state index in [9.17, 15) is 0 Å². The van der Waals surface area contributed by atoms with Gasteiger partial charge in [-0.1, -0.05) is 11.8 Å². The molecule has 16 heavy (non-hydrogen) atoms. The standard InChI is InChI=1S/C10H9N5S/c1-16-10(12-6-11)14-8-2-3-9-7(4-8)5-13-15-9/h2-5H,1H3,(H,12,14)(H,13,15). The zero-order valence-electron chi connectivity index (χ0n) is 8.56. The van der Waals surface area contributed by atoms with Gasteiger partial charge in [0.2, 0.25) is 0 Å². The normalized spacial score (nSPS) is 11.4. The maximum atomic E-state index is 8.51. The van der Waals surface area contributed by atoms with Crippen molar-refractivity contribution in [3.63, 3.8) is 0 Å². The Hall–Kier alpha value is -2.00. The average molecular weight is 231 g/mol. The molecule has 0 saturated carbocycles. The van der Waals surface area contributed by atoms with Gasteiger partial charge in [0.15, 0.2) is 11.4 Å². The molecular formula is C10H9N5S. The van der Waals surface area contributed by atoms with Gasteiger partial charge in [0.05, 0.1) is 17.4 Å². The second-order valence-corrected chi connectivity index (χ2v) is 3.79. The third kappa shape index (κ3) is 2.15. The zero-order chi connectivity index (χ0) is 11.4. The highest BCUT2D eigenvalue weighted by Gasteiger charge is 1.99. The fraction of sp³-hybridized carbons (Fsp3) is 0.100. The van der Waals surface area contributed by atoms with E-state index >= 15 is 0 Å². The summed E-state index contributed by atoms with van der Waals surface area (Å²) < 4.78 is 0. The van der Waals surface area contributed by atoms with E-state index in [0.29, 0.717) is 5.17 Å². The summed E-state index contributed by atoms with van der Waals surface area (Å²) in [5.74, 6) is 0. The fourth-order valence-electron chi connectivity index (χ4n) is 1.29. The van der Waals surface area contributed by atoms with Crippen LogP contribution in [0.5, 0.6) is 0 Å². The number of thioether (sulfide) groups is 1. The van der Waals surface area contributed by atoms with Crippen molar-refractivity contribution >= 4 is 33.5 Å². The van der Waals surface area contributed by atoms with Crippen molar-refractivity contribution in [2.24, 2.45) is 4.99 Å². The lowest BCUT2D eigenvalue weighted by Crippen LogP contribution is -2.12. The number of hydrogen-bond donors (Lipinski definition) is 2. The van der Waals surface area contributed by atoms with Crippen molar-refractivity contribution in [1.82, 2.24) is 15.5 Å². The van der Waals surface area contributed by atoms with Gasteiger partial charge in [-0.2, -0.15) is 10.4 Å². The molecule has 0 fully saturated rings. The Bertz CT molecular complexity index is 566. The van der Waals surface area contributed by atoms with Crippen molar-refractivity contribution in [3.8, 4) is 6.19 Å². The summed E-state index contributed by atoms with van der Waals surface area (Å²) in [6, 6.07) is 5.69. The van der Waals surface area contributed by atoms with Crippen LogP contribution in [0.2, 0.25) is 0 Å². The molecule has 0 amide bonds. The van der Waals surface area contributed by atoms with Crippen molar-refractivity contribution in [2.75, 3.05) is 6.26 Å². The summed E-state index contributed by atoms with van der Waals surface area (Å²) in [5.41, 5.74) is 1.76. The average Bonchev–Trinajstić information content (AvgIpc) is 2.75. The van der Waals surface area contributed by atoms with Gasteiger partial charge in [-0.15, -0.1) is 0 Å². The third-order valence-electron chi connectivity index (χ3n) is 2.01. The second-order valence-electron chi connectivity index (χ2n) is 3.00. The Morgan fingerprint density at radius 2 is 2.50 bits per heavy atom.